The number of rotatable bonds is 6. The van der Waals surface area contributed by atoms with Crippen LogP contribution in [0.4, 0.5) is 5.82 Å². The Bertz CT molecular complexity index is 300. The van der Waals surface area contributed by atoms with Crippen LogP contribution >= 0.6 is 11.8 Å². The molecule has 0 fully saturated rings. The number of nitrogens with zero attached hydrogens (tertiary/aromatic N) is 2. The van der Waals surface area contributed by atoms with Crippen LogP contribution in [0.2, 0.25) is 0 Å². The van der Waals surface area contributed by atoms with Gasteiger partial charge in [0.15, 0.2) is 0 Å². The molecule has 0 aromatic carbocycles. The molecule has 1 unspecified atom stereocenters. The molecule has 0 spiro atoms. The van der Waals surface area contributed by atoms with Gasteiger partial charge in [0, 0.05) is 31.6 Å². The van der Waals surface area contributed by atoms with E-state index in [4.69, 9.17) is 0 Å². The van der Waals surface area contributed by atoms with Gasteiger partial charge < -0.3 is 5.32 Å². The van der Waals surface area contributed by atoms with Crippen LogP contribution in [-0.4, -0.2) is 42.0 Å². The maximum atomic E-state index is 4.31. The van der Waals surface area contributed by atoms with Crippen molar-refractivity contribution >= 4 is 17.6 Å². The number of nitrogens with one attached hydrogen (secondary N) is 1. The van der Waals surface area contributed by atoms with Gasteiger partial charge in [-0.25, -0.2) is 4.98 Å². The zero-order valence-corrected chi connectivity index (χ0v) is 11.3. The minimum Gasteiger partial charge on any atom is -0.373 e. The largest absolute Gasteiger partial charge is 0.373 e. The van der Waals surface area contributed by atoms with E-state index >= 15 is 0 Å². The second kappa shape index (κ2) is 6.76. The average molecular weight is 239 g/mol. The number of hydrogen-bond acceptors (Lipinski definition) is 4. The molecule has 0 aliphatic rings. The van der Waals surface area contributed by atoms with E-state index in [2.05, 4.69) is 41.5 Å². The molecular formula is C12H21N3S. The number of thioether (sulfide) groups is 1. The van der Waals surface area contributed by atoms with Gasteiger partial charge in [0.25, 0.3) is 0 Å². The summed E-state index contributed by atoms with van der Waals surface area (Å²) in [6, 6.07) is 4.74. The molecule has 1 atom stereocenters. The second-order valence-corrected chi connectivity index (χ2v) is 4.93. The van der Waals surface area contributed by atoms with Crippen LogP contribution in [0.15, 0.2) is 18.3 Å². The number of pyridine rings is 1. The van der Waals surface area contributed by atoms with Crippen LogP contribution in [0.1, 0.15) is 12.5 Å². The van der Waals surface area contributed by atoms with Crippen molar-refractivity contribution in [2.75, 3.05) is 31.4 Å². The lowest BCUT2D eigenvalue weighted by Gasteiger charge is -2.23. The first kappa shape index (κ1) is 13.3. The average Bonchev–Trinajstić information content (AvgIpc) is 2.30. The van der Waals surface area contributed by atoms with Crippen LogP contribution in [0.3, 0.4) is 0 Å². The molecular weight excluding hydrogens is 218 g/mol. The van der Waals surface area contributed by atoms with E-state index in [1.165, 1.54) is 11.3 Å². The monoisotopic (exact) mass is 239 g/mol. The van der Waals surface area contributed by atoms with Crippen LogP contribution < -0.4 is 5.32 Å². The van der Waals surface area contributed by atoms with E-state index in [-0.39, 0.29) is 0 Å². The fourth-order valence-electron chi connectivity index (χ4n) is 1.48. The van der Waals surface area contributed by atoms with E-state index in [1.807, 2.05) is 31.1 Å². The predicted octanol–water partition coefficient (Wildman–Crippen LogP) is 2.31. The minimum atomic E-state index is 0.596. The molecule has 0 aliphatic heterocycles. The maximum absolute atomic E-state index is 4.31. The summed E-state index contributed by atoms with van der Waals surface area (Å²) in [6.45, 7) is 3.21. The summed E-state index contributed by atoms with van der Waals surface area (Å²) in [7, 11) is 4.04. The summed E-state index contributed by atoms with van der Waals surface area (Å²) in [4.78, 5) is 6.67. The number of hydrogen-bond donors (Lipinski definition) is 1. The normalized spacial score (nSPS) is 12.8. The molecule has 0 saturated heterocycles. The smallest absolute Gasteiger partial charge is 0.125 e. The van der Waals surface area contributed by atoms with E-state index in [9.17, 15) is 0 Å². The Labute approximate surface area is 103 Å². The van der Waals surface area contributed by atoms with Gasteiger partial charge in [0.05, 0.1) is 0 Å². The number of aromatic nitrogens is 1. The molecule has 16 heavy (non-hydrogen) atoms. The van der Waals surface area contributed by atoms with Gasteiger partial charge >= 0.3 is 0 Å². The van der Waals surface area contributed by atoms with Gasteiger partial charge in [-0.15, -0.1) is 0 Å². The van der Waals surface area contributed by atoms with Gasteiger partial charge in [0.1, 0.15) is 5.82 Å². The molecule has 90 valence electrons. The van der Waals surface area contributed by atoms with Crippen LogP contribution in [0, 0.1) is 0 Å². The summed E-state index contributed by atoms with van der Waals surface area (Å²) in [6.07, 6.45) is 4.09. The molecule has 1 aromatic rings. The lowest BCUT2D eigenvalue weighted by Crippen LogP contribution is -2.30. The summed E-state index contributed by atoms with van der Waals surface area (Å²) < 4.78 is 0. The highest BCUT2D eigenvalue weighted by atomic mass is 32.2. The SMILES string of the molecule is CNc1ccc(CN(C)C(C)CSC)cn1. The molecule has 0 bridgehead atoms. The maximum Gasteiger partial charge on any atom is 0.125 e. The Kier molecular flexibility index (Phi) is 5.63. The topological polar surface area (TPSA) is 28.2 Å². The van der Waals surface area contributed by atoms with E-state index < -0.39 is 0 Å². The van der Waals surface area contributed by atoms with Gasteiger partial charge in [-0.3, -0.25) is 4.90 Å². The first-order valence-corrected chi connectivity index (χ1v) is 6.88. The first-order chi connectivity index (χ1) is 7.67. The Morgan fingerprint density at radius 3 is 2.75 bits per heavy atom. The number of anilines is 1. The van der Waals surface area contributed by atoms with Crippen LogP contribution in [-0.2, 0) is 6.54 Å². The zero-order valence-electron chi connectivity index (χ0n) is 10.5. The summed E-state index contributed by atoms with van der Waals surface area (Å²) >= 11 is 1.89. The van der Waals surface area contributed by atoms with E-state index in [0.717, 1.165) is 12.4 Å². The fourth-order valence-corrected chi connectivity index (χ4v) is 2.22. The van der Waals surface area contributed by atoms with Gasteiger partial charge in [0.2, 0.25) is 0 Å². The molecule has 0 saturated carbocycles. The minimum absolute atomic E-state index is 0.596. The second-order valence-electron chi connectivity index (χ2n) is 4.02. The van der Waals surface area contributed by atoms with Crippen LogP contribution in [0.5, 0.6) is 0 Å². The van der Waals surface area contributed by atoms with Crippen molar-refractivity contribution in [2.24, 2.45) is 0 Å². The van der Waals surface area contributed by atoms with Crippen molar-refractivity contribution in [2.45, 2.75) is 19.5 Å². The Balaban J connectivity index is 2.52. The van der Waals surface area contributed by atoms with Crippen molar-refractivity contribution in [1.29, 1.82) is 0 Å². The van der Waals surface area contributed by atoms with Crippen molar-refractivity contribution < 1.29 is 0 Å². The highest BCUT2D eigenvalue weighted by molar-refractivity contribution is 7.98. The van der Waals surface area contributed by atoms with Gasteiger partial charge in [-0.05, 0) is 31.9 Å². The van der Waals surface area contributed by atoms with E-state index in [1.54, 1.807) is 0 Å². The lowest BCUT2D eigenvalue weighted by atomic mass is 10.2. The highest BCUT2D eigenvalue weighted by Crippen LogP contribution is 2.10. The van der Waals surface area contributed by atoms with Crippen LogP contribution in [0.25, 0.3) is 0 Å². The third kappa shape index (κ3) is 4.02. The summed E-state index contributed by atoms with van der Waals surface area (Å²) in [5, 5.41) is 3.02. The molecule has 4 heteroatoms. The third-order valence-corrected chi connectivity index (χ3v) is 3.49. The fraction of sp³-hybridized carbons (Fsp3) is 0.583. The first-order valence-electron chi connectivity index (χ1n) is 5.49. The highest BCUT2D eigenvalue weighted by Gasteiger charge is 2.08. The standard InChI is InChI=1S/C12H21N3S/c1-10(9-16-4)15(3)8-11-5-6-12(13-2)14-7-11/h5-7,10H,8-9H2,1-4H3,(H,13,14). The third-order valence-electron chi connectivity index (χ3n) is 2.67. The van der Waals surface area contributed by atoms with E-state index in [0.29, 0.717) is 6.04 Å². The van der Waals surface area contributed by atoms with Crippen molar-refractivity contribution in [1.82, 2.24) is 9.88 Å². The molecule has 3 nitrogen and oxygen atoms in total. The lowest BCUT2D eigenvalue weighted by molar-refractivity contribution is 0.269. The Morgan fingerprint density at radius 2 is 2.25 bits per heavy atom. The van der Waals surface area contributed by atoms with Crippen molar-refractivity contribution in [3.05, 3.63) is 23.9 Å². The van der Waals surface area contributed by atoms with Gasteiger partial charge in [-0.2, -0.15) is 11.8 Å². The Hall–Kier alpha value is -0.740. The molecule has 0 aliphatic carbocycles. The molecule has 0 radical (unpaired) electrons. The van der Waals surface area contributed by atoms with Crippen molar-refractivity contribution in [3.63, 3.8) is 0 Å². The van der Waals surface area contributed by atoms with Crippen molar-refractivity contribution in [3.8, 4) is 0 Å². The van der Waals surface area contributed by atoms with Gasteiger partial charge in [-0.1, -0.05) is 6.07 Å². The molecule has 1 aromatic heterocycles. The molecule has 1 N–H and O–H groups in total. The molecule has 1 heterocycles. The molecule has 1 rings (SSSR count). The summed E-state index contributed by atoms with van der Waals surface area (Å²) in [5.41, 5.74) is 1.26. The summed E-state index contributed by atoms with van der Waals surface area (Å²) in [5.74, 6) is 2.09. The molecule has 0 amide bonds. The zero-order chi connectivity index (χ0) is 12.0. The predicted molar refractivity (Wildman–Crippen MR) is 73.1 cm³/mol. The Morgan fingerprint density at radius 1 is 1.50 bits per heavy atom. The quantitative estimate of drug-likeness (QED) is 0.824.